The average Bonchev–Trinajstić information content (AvgIpc) is 2.60. The van der Waals surface area contributed by atoms with Gasteiger partial charge in [0.25, 0.3) is 5.78 Å². The Morgan fingerprint density at radius 2 is 1.83 bits per heavy atom. The van der Waals surface area contributed by atoms with Crippen molar-refractivity contribution in [3.05, 3.63) is 22.7 Å². The molecule has 0 bridgehead atoms. The van der Waals surface area contributed by atoms with E-state index < -0.39 is 11.8 Å². The van der Waals surface area contributed by atoms with Gasteiger partial charge in [-0.2, -0.15) is 0 Å². The number of rotatable bonds is 2. The van der Waals surface area contributed by atoms with Crippen LogP contribution in [0.15, 0.2) is 12.1 Å². The minimum Gasteiger partial charge on any atom is -0.490 e. The third-order valence-corrected chi connectivity index (χ3v) is 2.77. The number of fused-ring (bicyclic) bond motifs is 1. The number of benzene rings is 1. The summed E-state index contributed by atoms with van der Waals surface area (Å²) < 4.78 is 15.2. The fourth-order valence-corrected chi connectivity index (χ4v) is 1.80. The molecule has 0 amide bonds. The molecule has 5 nitrogen and oxygen atoms in total. The minimum atomic E-state index is -0.966. The van der Waals surface area contributed by atoms with E-state index in [1.165, 1.54) is 12.1 Å². The molecule has 2 rings (SSSR count). The molecule has 0 fully saturated rings. The maximum Gasteiger partial charge on any atom is 0.379 e. The zero-order chi connectivity index (χ0) is 13.1. The predicted octanol–water partition coefficient (Wildman–Crippen LogP) is 1.86. The highest BCUT2D eigenvalue weighted by Crippen LogP contribution is 2.35. The first-order valence-electron chi connectivity index (χ1n) is 5.35. The predicted molar refractivity (Wildman–Crippen MR) is 63.4 cm³/mol. The van der Waals surface area contributed by atoms with Crippen LogP contribution in [0.1, 0.15) is 16.8 Å². The Morgan fingerprint density at radius 1 is 1.22 bits per heavy atom. The molecule has 0 saturated carbocycles. The van der Waals surface area contributed by atoms with E-state index in [4.69, 9.17) is 21.1 Å². The van der Waals surface area contributed by atoms with E-state index in [-0.39, 0.29) is 10.6 Å². The second-order valence-corrected chi connectivity index (χ2v) is 4.06. The van der Waals surface area contributed by atoms with Gasteiger partial charge in [-0.15, -0.1) is 0 Å². The number of Topliss-reactive ketones (excluding diaryl/α,β-unsaturated/α-hetero) is 1. The smallest absolute Gasteiger partial charge is 0.379 e. The summed E-state index contributed by atoms with van der Waals surface area (Å²) in [6, 6.07) is 2.88. The third-order valence-electron chi connectivity index (χ3n) is 2.45. The highest BCUT2D eigenvalue weighted by Gasteiger charge is 2.23. The monoisotopic (exact) mass is 270 g/mol. The Kier molecular flexibility index (Phi) is 3.72. The Bertz CT molecular complexity index is 497. The van der Waals surface area contributed by atoms with Gasteiger partial charge in [0, 0.05) is 12.5 Å². The zero-order valence-electron chi connectivity index (χ0n) is 9.70. The molecule has 1 aromatic rings. The molecule has 0 unspecified atom stereocenters. The quantitative estimate of drug-likeness (QED) is 0.466. The van der Waals surface area contributed by atoms with Crippen molar-refractivity contribution in [2.24, 2.45) is 0 Å². The molecule has 0 aromatic heterocycles. The highest BCUT2D eigenvalue weighted by atomic mass is 35.5. The molecule has 0 aliphatic carbocycles. The van der Waals surface area contributed by atoms with Crippen LogP contribution >= 0.6 is 11.6 Å². The van der Waals surface area contributed by atoms with Crippen LogP contribution in [0.25, 0.3) is 0 Å². The molecule has 6 heteroatoms. The van der Waals surface area contributed by atoms with Gasteiger partial charge in [-0.05, 0) is 6.07 Å². The van der Waals surface area contributed by atoms with Gasteiger partial charge < -0.3 is 14.2 Å². The first-order valence-corrected chi connectivity index (χ1v) is 5.73. The summed E-state index contributed by atoms with van der Waals surface area (Å²) in [5.41, 5.74) is 0.0489. The summed E-state index contributed by atoms with van der Waals surface area (Å²) in [6.07, 6.45) is 0.743. The number of hydrogen-bond acceptors (Lipinski definition) is 5. The summed E-state index contributed by atoms with van der Waals surface area (Å²) >= 11 is 5.95. The SMILES string of the molecule is COC(=O)C(=O)c1cc2c(cc1Cl)OCCCO2. The van der Waals surface area contributed by atoms with Gasteiger partial charge >= 0.3 is 5.97 Å². The molecule has 18 heavy (non-hydrogen) atoms. The molecule has 1 aliphatic rings. The number of methoxy groups -OCH3 is 1. The molecule has 1 heterocycles. The number of hydrogen-bond donors (Lipinski definition) is 0. The van der Waals surface area contributed by atoms with Crippen LogP contribution in [0.3, 0.4) is 0 Å². The van der Waals surface area contributed by atoms with Crippen LogP contribution in [0.4, 0.5) is 0 Å². The maximum absolute atomic E-state index is 11.7. The van der Waals surface area contributed by atoms with Crippen molar-refractivity contribution in [1.29, 1.82) is 0 Å². The molecule has 0 spiro atoms. The van der Waals surface area contributed by atoms with E-state index >= 15 is 0 Å². The molecule has 1 aliphatic heterocycles. The maximum atomic E-state index is 11.7. The topological polar surface area (TPSA) is 61.8 Å². The molecule has 0 N–H and O–H groups in total. The molecule has 96 valence electrons. The van der Waals surface area contributed by atoms with E-state index in [9.17, 15) is 9.59 Å². The fraction of sp³-hybridized carbons (Fsp3) is 0.333. The van der Waals surface area contributed by atoms with Crippen LogP contribution < -0.4 is 9.47 Å². The lowest BCUT2D eigenvalue weighted by Gasteiger charge is -2.10. The second kappa shape index (κ2) is 5.27. The minimum absolute atomic E-state index is 0.0489. The first-order chi connectivity index (χ1) is 8.63. The number of esters is 1. The van der Waals surface area contributed by atoms with Gasteiger partial charge in [-0.25, -0.2) is 4.79 Å². The van der Waals surface area contributed by atoms with Gasteiger partial charge in [0.05, 0.1) is 30.9 Å². The number of carbonyl (C=O) groups is 2. The van der Waals surface area contributed by atoms with Gasteiger partial charge in [0.2, 0.25) is 0 Å². The van der Waals surface area contributed by atoms with Crippen LogP contribution in [0, 0.1) is 0 Å². The van der Waals surface area contributed by atoms with Gasteiger partial charge in [0.1, 0.15) is 0 Å². The van der Waals surface area contributed by atoms with Crippen LogP contribution in [0.2, 0.25) is 5.02 Å². The molecular weight excluding hydrogens is 260 g/mol. The van der Waals surface area contributed by atoms with Crippen LogP contribution in [-0.2, 0) is 9.53 Å². The Morgan fingerprint density at radius 3 is 2.44 bits per heavy atom. The average molecular weight is 271 g/mol. The number of ether oxygens (including phenoxy) is 3. The van der Waals surface area contributed by atoms with Crippen molar-refractivity contribution in [3.8, 4) is 11.5 Å². The summed E-state index contributed by atoms with van der Waals surface area (Å²) in [5, 5.41) is 0.134. The Labute approximate surface area is 109 Å². The lowest BCUT2D eigenvalue weighted by molar-refractivity contribution is -0.135. The Balaban J connectivity index is 2.41. The van der Waals surface area contributed by atoms with Gasteiger partial charge in [-0.1, -0.05) is 11.6 Å². The third kappa shape index (κ3) is 2.41. The standard InChI is InChI=1S/C12H11ClO5/c1-16-12(15)11(14)7-5-9-10(6-8(7)13)18-4-2-3-17-9/h5-6H,2-4H2,1H3. The van der Waals surface area contributed by atoms with Crippen molar-refractivity contribution in [3.63, 3.8) is 0 Å². The molecule has 0 atom stereocenters. The molecule has 0 radical (unpaired) electrons. The number of ketones is 1. The van der Waals surface area contributed by atoms with E-state index in [0.29, 0.717) is 24.7 Å². The van der Waals surface area contributed by atoms with E-state index in [2.05, 4.69) is 4.74 Å². The van der Waals surface area contributed by atoms with Crippen molar-refractivity contribution in [2.45, 2.75) is 6.42 Å². The van der Waals surface area contributed by atoms with Crippen LogP contribution in [0.5, 0.6) is 11.5 Å². The van der Waals surface area contributed by atoms with Gasteiger partial charge in [-0.3, -0.25) is 4.79 Å². The number of carbonyl (C=O) groups excluding carboxylic acids is 2. The van der Waals surface area contributed by atoms with Gasteiger partial charge in [0.15, 0.2) is 11.5 Å². The molecule has 1 aromatic carbocycles. The zero-order valence-corrected chi connectivity index (χ0v) is 10.5. The number of halogens is 1. The fourth-order valence-electron chi connectivity index (χ4n) is 1.56. The lowest BCUT2D eigenvalue weighted by Crippen LogP contribution is -2.16. The highest BCUT2D eigenvalue weighted by molar-refractivity contribution is 6.45. The van der Waals surface area contributed by atoms with E-state index in [1.54, 1.807) is 0 Å². The summed E-state index contributed by atoms with van der Waals surface area (Å²) in [4.78, 5) is 22.9. The lowest BCUT2D eigenvalue weighted by atomic mass is 10.1. The van der Waals surface area contributed by atoms with Crippen molar-refractivity contribution in [2.75, 3.05) is 20.3 Å². The molecule has 0 saturated heterocycles. The Hall–Kier alpha value is -1.75. The van der Waals surface area contributed by atoms with Crippen LogP contribution in [-0.4, -0.2) is 32.1 Å². The molecular formula is C12H11ClO5. The summed E-state index contributed by atoms with van der Waals surface area (Å²) in [7, 11) is 1.14. The van der Waals surface area contributed by atoms with Crippen molar-refractivity contribution < 1.29 is 23.8 Å². The first kappa shape index (κ1) is 12.7. The van der Waals surface area contributed by atoms with E-state index in [0.717, 1.165) is 13.5 Å². The summed E-state index contributed by atoms with van der Waals surface area (Å²) in [6.45, 7) is 1.01. The van der Waals surface area contributed by atoms with Crippen molar-refractivity contribution in [1.82, 2.24) is 0 Å². The normalized spacial score (nSPS) is 13.7. The van der Waals surface area contributed by atoms with Crippen molar-refractivity contribution >= 4 is 23.4 Å². The largest absolute Gasteiger partial charge is 0.490 e. The summed E-state index contributed by atoms with van der Waals surface area (Å²) in [5.74, 6) is -0.896. The second-order valence-electron chi connectivity index (χ2n) is 3.65. The van der Waals surface area contributed by atoms with E-state index in [1.807, 2.05) is 0 Å².